The molecule has 0 aliphatic carbocycles. The molecule has 17 heavy (non-hydrogen) atoms. The van der Waals surface area contributed by atoms with Crippen LogP contribution < -0.4 is 10.6 Å². The van der Waals surface area contributed by atoms with Crippen LogP contribution in [0.25, 0.3) is 0 Å². The van der Waals surface area contributed by atoms with E-state index in [-0.39, 0.29) is 5.91 Å². The summed E-state index contributed by atoms with van der Waals surface area (Å²) in [5.74, 6) is 0.0140. The number of hydrogen-bond donors (Lipinski definition) is 2. The van der Waals surface area contributed by atoms with Crippen LogP contribution in [0.1, 0.15) is 23.2 Å². The highest BCUT2D eigenvalue weighted by molar-refractivity contribution is 5.94. The second kappa shape index (κ2) is 6.21. The van der Waals surface area contributed by atoms with E-state index in [1.165, 1.54) is 5.57 Å². The van der Waals surface area contributed by atoms with Gasteiger partial charge in [-0.1, -0.05) is 29.8 Å². The van der Waals surface area contributed by atoms with Crippen molar-refractivity contribution >= 4 is 5.91 Å². The van der Waals surface area contributed by atoms with E-state index >= 15 is 0 Å². The summed E-state index contributed by atoms with van der Waals surface area (Å²) in [6.45, 7) is 2.74. The fourth-order valence-corrected chi connectivity index (χ4v) is 1.92. The molecule has 1 aromatic carbocycles. The Bertz CT molecular complexity index is 398. The van der Waals surface area contributed by atoms with Gasteiger partial charge in [-0.15, -0.1) is 0 Å². The van der Waals surface area contributed by atoms with Gasteiger partial charge in [-0.05, 0) is 31.5 Å². The van der Waals surface area contributed by atoms with Crippen molar-refractivity contribution in [3.63, 3.8) is 0 Å². The van der Waals surface area contributed by atoms with E-state index in [1.54, 1.807) is 0 Å². The van der Waals surface area contributed by atoms with Gasteiger partial charge < -0.3 is 10.6 Å². The quantitative estimate of drug-likeness (QED) is 0.773. The Balaban J connectivity index is 1.75. The van der Waals surface area contributed by atoms with E-state index in [9.17, 15) is 4.79 Å². The third-order valence-corrected chi connectivity index (χ3v) is 2.93. The van der Waals surface area contributed by atoms with Crippen molar-refractivity contribution in [3.8, 4) is 0 Å². The van der Waals surface area contributed by atoms with Crippen LogP contribution in [0.3, 0.4) is 0 Å². The van der Waals surface area contributed by atoms with Crippen LogP contribution >= 0.6 is 0 Å². The summed E-state index contributed by atoms with van der Waals surface area (Å²) in [5.41, 5.74) is 2.17. The zero-order chi connectivity index (χ0) is 11.9. The lowest BCUT2D eigenvalue weighted by atomic mass is 10.1. The normalized spacial score (nSPS) is 15.2. The van der Waals surface area contributed by atoms with Gasteiger partial charge in [0.25, 0.3) is 5.91 Å². The van der Waals surface area contributed by atoms with Gasteiger partial charge in [-0.2, -0.15) is 0 Å². The predicted octanol–water partition coefficient (Wildman–Crippen LogP) is 1.73. The van der Waals surface area contributed by atoms with E-state index in [4.69, 9.17) is 0 Å². The van der Waals surface area contributed by atoms with Gasteiger partial charge in [0, 0.05) is 18.7 Å². The van der Waals surface area contributed by atoms with Crippen molar-refractivity contribution in [1.82, 2.24) is 10.6 Å². The first-order chi connectivity index (χ1) is 8.36. The molecule has 0 aromatic heterocycles. The number of amides is 1. The van der Waals surface area contributed by atoms with E-state index < -0.39 is 0 Å². The van der Waals surface area contributed by atoms with Gasteiger partial charge in [0.15, 0.2) is 0 Å². The van der Waals surface area contributed by atoms with Crippen molar-refractivity contribution in [2.75, 3.05) is 19.6 Å². The number of carbonyl (C=O) groups is 1. The molecule has 0 spiro atoms. The topological polar surface area (TPSA) is 41.1 Å². The lowest BCUT2D eigenvalue weighted by Gasteiger charge is -2.14. The maximum Gasteiger partial charge on any atom is 0.251 e. The number of benzene rings is 1. The van der Waals surface area contributed by atoms with Crippen molar-refractivity contribution < 1.29 is 4.79 Å². The molecule has 1 heterocycles. The number of hydrogen-bond acceptors (Lipinski definition) is 2. The molecule has 0 bridgehead atoms. The highest BCUT2D eigenvalue weighted by Crippen LogP contribution is 2.08. The van der Waals surface area contributed by atoms with Crippen molar-refractivity contribution in [2.24, 2.45) is 0 Å². The van der Waals surface area contributed by atoms with Crippen LogP contribution in [-0.4, -0.2) is 25.5 Å². The lowest BCUT2D eigenvalue weighted by molar-refractivity contribution is 0.0954. The first-order valence-corrected chi connectivity index (χ1v) is 6.08. The molecule has 0 radical (unpaired) electrons. The van der Waals surface area contributed by atoms with Crippen LogP contribution in [0.2, 0.25) is 0 Å². The zero-order valence-electron chi connectivity index (χ0n) is 9.91. The van der Waals surface area contributed by atoms with Crippen molar-refractivity contribution in [2.45, 2.75) is 12.8 Å². The number of rotatable bonds is 4. The second-order valence-electron chi connectivity index (χ2n) is 4.19. The van der Waals surface area contributed by atoms with Gasteiger partial charge in [0.1, 0.15) is 0 Å². The standard InChI is InChI=1S/C14H18N2O/c17-14(13-4-2-1-3-5-13)16-11-8-12-6-9-15-10-7-12/h1-6,15H,7-11H2,(H,16,17). The van der Waals surface area contributed by atoms with E-state index in [0.717, 1.165) is 38.0 Å². The summed E-state index contributed by atoms with van der Waals surface area (Å²) >= 11 is 0. The Morgan fingerprint density at radius 1 is 1.29 bits per heavy atom. The maximum absolute atomic E-state index is 11.7. The first kappa shape index (κ1) is 11.9. The fourth-order valence-electron chi connectivity index (χ4n) is 1.92. The molecule has 90 valence electrons. The summed E-state index contributed by atoms with van der Waals surface area (Å²) in [6, 6.07) is 9.34. The molecule has 3 nitrogen and oxygen atoms in total. The second-order valence-corrected chi connectivity index (χ2v) is 4.19. The Kier molecular flexibility index (Phi) is 4.33. The van der Waals surface area contributed by atoms with Crippen LogP contribution in [0, 0.1) is 0 Å². The molecule has 0 saturated heterocycles. The molecule has 0 atom stereocenters. The third-order valence-electron chi connectivity index (χ3n) is 2.93. The Hall–Kier alpha value is -1.61. The first-order valence-electron chi connectivity index (χ1n) is 6.08. The molecule has 1 aliphatic heterocycles. The summed E-state index contributed by atoms with van der Waals surface area (Å²) < 4.78 is 0. The highest BCUT2D eigenvalue weighted by Gasteiger charge is 2.05. The lowest BCUT2D eigenvalue weighted by Crippen LogP contribution is -2.26. The molecule has 0 unspecified atom stereocenters. The Morgan fingerprint density at radius 2 is 2.12 bits per heavy atom. The smallest absolute Gasteiger partial charge is 0.251 e. The van der Waals surface area contributed by atoms with Crippen LogP contribution in [0.15, 0.2) is 42.0 Å². The monoisotopic (exact) mass is 230 g/mol. The van der Waals surface area contributed by atoms with E-state index in [2.05, 4.69) is 16.7 Å². The Labute approximate surface area is 102 Å². The maximum atomic E-state index is 11.7. The summed E-state index contributed by atoms with van der Waals surface area (Å²) in [6.07, 6.45) is 4.28. The SMILES string of the molecule is O=C(NCCC1=CCNCC1)c1ccccc1. The van der Waals surface area contributed by atoms with Gasteiger partial charge in [0.05, 0.1) is 0 Å². The molecule has 0 fully saturated rings. The van der Waals surface area contributed by atoms with Gasteiger partial charge >= 0.3 is 0 Å². The highest BCUT2D eigenvalue weighted by atomic mass is 16.1. The minimum atomic E-state index is 0.0140. The molecular weight excluding hydrogens is 212 g/mol. The van der Waals surface area contributed by atoms with Gasteiger partial charge in [0.2, 0.25) is 0 Å². The summed E-state index contributed by atoms with van der Waals surface area (Å²) in [4.78, 5) is 11.7. The largest absolute Gasteiger partial charge is 0.352 e. The number of nitrogens with one attached hydrogen (secondary N) is 2. The van der Waals surface area contributed by atoms with Gasteiger partial charge in [-0.3, -0.25) is 4.79 Å². The summed E-state index contributed by atoms with van der Waals surface area (Å²) in [5, 5.41) is 6.22. The molecule has 1 aromatic rings. The molecule has 3 heteroatoms. The molecule has 2 N–H and O–H groups in total. The molecular formula is C14H18N2O. The van der Waals surface area contributed by atoms with E-state index in [0.29, 0.717) is 0 Å². The van der Waals surface area contributed by atoms with Crippen molar-refractivity contribution in [1.29, 1.82) is 0 Å². The zero-order valence-corrected chi connectivity index (χ0v) is 9.91. The van der Waals surface area contributed by atoms with Crippen LogP contribution in [0.5, 0.6) is 0 Å². The molecule has 1 amide bonds. The molecule has 0 saturated carbocycles. The predicted molar refractivity (Wildman–Crippen MR) is 69.0 cm³/mol. The minimum absolute atomic E-state index is 0.0140. The molecule has 1 aliphatic rings. The Morgan fingerprint density at radius 3 is 2.82 bits per heavy atom. The van der Waals surface area contributed by atoms with E-state index in [1.807, 2.05) is 30.3 Å². The summed E-state index contributed by atoms with van der Waals surface area (Å²) in [7, 11) is 0. The number of carbonyl (C=O) groups excluding carboxylic acids is 1. The van der Waals surface area contributed by atoms with Crippen molar-refractivity contribution in [3.05, 3.63) is 47.5 Å². The fraction of sp³-hybridized carbons (Fsp3) is 0.357. The molecule has 2 rings (SSSR count). The average molecular weight is 230 g/mol. The minimum Gasteiger partial charge on any atom is -0.352 e. The third kappa shape index (κ3) is 3.71. The van der Waals surface area contributed by atoms with Crippen LogP contribution in [-0.2, 0) is 0 Å². The average Bonchev–Trinajstić information content (AvgIpc) is 2.41. The van der Waals surface area contributed by atoms with Gasteiger partial charge in [-0.25, -0.2) is 0 Å². The van der Waals surface area contributed by atoms with Crippen LogP contribution in [0.4, 0.5) is 0 Å².